The van der Waals surface area contributed by atoms with Gasteiger partial charge in [-0.05, 0) is 66.1 Å². The van der Waals surface area contributed by atoms with Crippen LogP contribution < -0.4 is 4.74 Å². The molecule has 0 bridgehead atoms. The highest BCUT2D eigenvalue weighted by molar-refractivity contribution is 9.11. The van der Waals surface area contributed by atoms with Crippen LogP contribution in [0.5, 0.6) is 5.75 Å². The number of benzene rings is 3. The van der Waals surface area contributed by atoms with Gasteiger partial charge in [0.2, 0.25) is 0 Å². The maximum atomic E-state index is 6.07. The zero-order chi connectivity index (χ0) is 23.8. The SMILES string of the molecule is C=C(Br)/C=C\C=C1/Cc2cc(-c3cccc4c3c3ccccc3n4C3=CC=CCC=C3)ccc2O1. The van der Waals surface area contributed by atoms with Gasteiger partial charge in [0.05, 0.1) is 11.0 Å². The Bertz CT molecular complexity index is 1640. The largest absolute Gasteiger partial charge is 0.461 e. The molecule has 0 fully saturated rings. The molecule has 1 aliphatic heterocycles. The van der Waals surface area contributed by atoms with Crippen LogP contribution in [0.1, 0.15) is 12.0 Å². The first-order valence-electron chi connectivity index (χ1n) is 11.8. The summed E-state index contributed by atoms with van der Waals surface area (Å²) in [5.74, 6) is 1.87. The Morgan fingerprint density at radius 1 is 1.00 bits per heavy atom. The smallest absolute Gasteiger partial charge is 0.130 e. The zero-order valence-corrected chi connectivity index (χ0v) is 20.8. The molecule has 3 aromatic carbocycles. The van der Waals surface area contributed by atoms with Gasteiger partial charge in [0.1, 0.15) is 11.5 Å². The van der Waals surface area contributed by atoms with Crippen LogP contribution in [0.4, 0.5) is 0 Å². The van der Waals surface area contributed by atoms with Crippen LogP contribution in [0.2, 0.25) is 0 Å². The number of nitrogens with zero attached hydrogens (tertiary/aromatic N) is 1. The van der Waals surface area contributed by atoms with Crippen molar-refractivity contribution >= 4 is 43.4 Å². The van der Waals surface area contributed by atoms with E-state index in [0.29, 0.717) is 0 Å². The molecule has 3 heteroatoms. The van der Waals surface area contributed by atoms with Crippen LogP contribution in [-0.2, 0) is 6.42 Å². The van der Waals surface area contributed by atoms with Crippen molar-refractivity contribution in [2.24, 2.45) is 0 Å². The number of allylic oxidation sites excluding steroid dienone is 11. The summed E-state index contributed by atoms with van der Waals surface area (Å²) in [5, 5.41) is 2.54. The quantitative estimate of drug-likeness (QED) is 0.246. The predicted octanol–water partition coefficient (Wildman–Crippen LogP) is 9.10. The van der Waals surface area contributed by atoms with Crippen LogP contribution in [0.3, 0.4) is 0 Å². The van der Waals surface area contributed by atoms with E-state index in [-0.39, 0.29) is 0 Å². The van der Waals surface area contributed by atoms with E-state index in [1.807, 2.05) is 18.2 Å². The molecule has 2 aliphatic rings. The summed E-state index contributed by atoms with van der Waals surface area (Å²) in [6, 6.07) is 21.9. The summed E-state index contributed by atoms with van der Waals surface area (Å²) in [6.07, 6.45) is 18.6. The summed E-state index contributed by atoms with van der Waals surface area (Å²) in [4.78, 5) is 0. The van der Waals surface area contributed by atoms with Crippen molar-refractivity contribution in [2.75, 3.05) is 0 Å². The lowest BCUT2D eigenvalue weighted by Crippen LogP contribution is -1.94. The number of hydrogen-bond donors (Lipinski definition) is 0. The van der Waals surface area contributed by atoms with E-state index in [2.05, 4.69) is 118 Å². The minimum Gasteiger partial charge on any atom is -0.461 e. The molecule has 2 nitrogen and oxygen atoms in total. The maximum Gasteiger partial charge on any atom is 0.130 e. The molecule has 0 amide bonds. The zero-order valence-electron chi connectivity index (χ0n) is 19.2. The average molecular weight is 518 g/mol. The Hall–Kier alpha value is -3.82. The van der Waals surface area contributed by atoms with Crippen LogP contribution in [0.25, 0.3) is 38.6 Å². The third kappa shape index (κ3) is 4.02. The van der Waals surface area contributed by atoms with Gasteiger partial charge < -0.3 is 9.30 Å². The molecule has 0 spiro atoms. The fourth-order valence-electron chi connectivity index (χ4n) is 4.96. The van der Waals surface area contributed by atoms with Gasteiger partial charge in [0.25, 0.3) is 0 Å². The summed E-state index contributed by atoms with van der Waals surface area (Å²) in [7, 11) is 0. The fraction of sp³-hybridized carbons (Fsp3) is 0.0625. The van der Waals surface area contributed by atoms with E-state index >= 15 is 0 Å². The molecule has 1 aliphatic carbocycles. The molecule has 6 rings (SSSR count). The first-order chi connectivity index (χ1) is 17.2. The fourth-order valence-corrected chi connectivity index (χ4v) is 5.11. The summed E-state index contributed by atoms with van der Waals surface area (Å²) in [5.41, 5.74) is 7.26. The predicted molar refractivity (Wildman–Crippen MR) is 152 cm³/mol. The Morgan fingerprint density at radius 3 is 2.80 bits per heavy atom. The molecule has 0 N–H and O–H groups in total. The van der Waals surface area contributed by atoms with Crippen LogP contribution in [0.15, 0.2) is 126 Å². The van der Waals surface area contributed by atoms with E-state index in [1.165, 1.54) is 44.2 Å². The van der Waals surface area contributed by atoms with Crippen LogP contribution in [0, 0.1) is 0 Å². The number of ether oxygens (including phenoxy) is 1. The lowest BCUT2D eigenvalue weighted by atomic mass is 9.97. The first-order valence-corrected chi connectivity index (χ1v) is 12.6. The normalized spacial score (nSPS) is 16.1. The minimum atomic E-state index is 0.782. The molecule has 2 heterocycles. The number of rotatable bonds is 4. The Labute approximate surface area is 213 Å². The molecule has 4 aromatic rings. The van der Waals surface area contributed by atoms with Gasteiger partial charge in [-0.25, -0.2) is 0 Å². The molecular formula is C32H24BrNO. The second kappa shape index (κ2) is 9.09. The summed E-state index contributed by atoms with van der Waals surface area (Å²) < 4.78 is 9.29. The second-order valence-electron chi connectivity index (χ2n) is 8.75. The second-order valence-corrected chi connectivity index (χ2v) is 9.77. The van der Waals surface area contributed by atoms with E-state index in [1.54, 1.807) is 0 Å². The minimum absolute atomic E-state index is 0.782. The van der Waals surface area contributed by atoms with Gasteiger partial charge in [-0.2, -0.15) is 0 Å². The number of halogens is 1. The van der Waals surface area contributed by atoms with E-state index in [9.17, 15) is 0 Å². The Morgan fingerprint density at radius 2 is 1.89 bits per heavy atom. The van der Waals surface area contributed by atoms with Crippen molar-refractivity contribution in [1.29, 1.82) is 0 Å². The summed E-state index contributed by atoms with van der Waals surface area (Å²) >= 11 is 3.35. The van der Waals surface area contributed by atoms with Gasteiger partial charge in [-0.1, -0.05) is 83.2 Å². The lowest BCUT2D eigenvalue weighted by molar-refractivity contribution is 0.446. The number of hydrogen-bond acceptors (Lipinski definition) is 1. The first kappa shape index (κ1) is 21.7. The standard InChI is InChI=1S/C32H24BrNO/c1-22(33)10-8-13-26-21-24-20-23(18-19-31(24)35-26)27-15-9-17-30-32(27)28-14-6-7-16-29(28)34(30)25-11-4-2-3-5-12-25/h2,4-20H,1,3,21H2/b10-8-,26-13+. The third-order valence-corrected chi connectivity index (χ3v) is 6.72. The molecule has 0 radical (unpaired) electrons. The van der Waals surface area contributed by atoms with Crippen molar-refractivity contribution in [3.05, 3.63) is 132 Å². The molecule has 0 unspecified atom stereocenters. The van der Waals surface area contributed by atoms with Crippen molar-refractivity contribution in [2.45, 2.75) is 12.8 Å². The van der Waals surface area contributed by atoms with Crippen molar-refractivity contribution in [3.8, 4) is 16.9 Å². The Kier molecular flexibility index (Phi) is 5.63. The summed E-state index contributed by atoms with van der Waals surface area (Å²) in [6.45, 7) is 3.83. The Balaban J connectivity index is 1.49. The van der Waals surface area contributed by atoms with Gasteiger partial charge in [-0.3, -0.25) is 0 Å². The molecule has 0 saturated carbocycles. The van der Waals surface area contributed by atoms with Gasteiger partial charge >= 0.3 is 0 Å². The van der Waals surface area contributed by atoms with Crippen LogP contribution in [-0.4, -0.2) is 4.57 Å². The number of aromatic nitrogens is 1. The van der Waals surface area contributed by atoms with Gasteiger partial charge in [0, 0.05) is 32.9 Å². The molecule has 35 heavy (non-hydrogen) atoms. The topological polar surface area (TPSA) is 14.2 Å². The molecular weight excluding hydrogens is 494 g/mol. The van der Waals surface area contributed by atoms with E-state index < -0.39 is 0 Å². The average Bonchev–Trinajstić information content (AvgIpc) is 3.30. The third-order valence-electron chi connectivity index (χ3n) is 6.46. The molecule has 0 saturated heterocycles. The number of fused-ring (bicyclic) bond motifs is 4. The highest BCUT2D eigenvalue weighted by Gasteiger charge is 2.20. The highest BCUT2D eigenvalue weighted by atomic mass is 79.9. The maximum absolute atomic E-state index is 6.07. The molecule has 1 aromatic heterocycles. The van der Waals surface area contributed by atoms with Gasteiger partial charge in [0.15, 0.2) is 0 Å². The number of para-hydroxylation sites is 1. The van der Waals surface area contributed by atoms with Gasteiger partial charge in [-0.15, -0.1) is 0 Å². The van der Waals surface area contributed by atoms with Crippen LogP contribution >= 0.6 is 15.9 Å². The van der Waals surface area contributed by atoms with E-state index in [0.717, 1.165) is 28.8 Å². The monoisotopic (exact) mass is 517 g/mol. The van der Waals surface area contributed by atoms with E-state index in [4.69, 9.17) is 4.74 Å². The highest BCUT2D eigenvalue weighted by Crippen LogP contribution is 2.41. The van der Waals surface area contributed by atoms with Crippen molar-refractivity contribution in [1.82, 2.24) is 4.57 Å². The molecule has 170 valence electrons. The van der Waals surface area contributed by atoms with Crippen molar-refractivity contribution in [3.63, 3.8) is 0 Å². The van der Waals surface area contributed by atoms with Crippen molar-refractivity contribution < 1.29 is 4.74 Å². The lowest BCUT2D eigenvalue weighted by Gasteiger charge is -2.10. The molecule has 0 atom stereocenters.